The van der Waals surface area contributed by atoms with Crippen LogP contribution in [0.3, 0.4) is 0 Å². The fourth-order valence-corrected chi connectivity index (χ4v) is 2.29. The Bertz CT molecular complexity index is 319. The van der Waals surface area contributed by atoms with Gasteiger partial charge in [0.25, 0.3) is 0 Å². The van der Waals surface area contributed by atoms with Gasteiger partial charge in [0.05, 0.1) is 17.8 Å². The third-order valence-corrected chi connectivity index (χ3v) is 4.68. The van der Waals surface area contributed by atoms with E-state index in [1.54, 1.807) is 0 Å². The summed E-state index contributed by atoms with van der Waals surface area (Å²) in [4.78, 5) is 0. The summed E-state index contributed by atoms with van der Waals surface area (Å²) in [6, 6.07) is 0. The molecule has 0 atom stereocenters. The van der Waals surface area contributed by atoms with Crippen molar-refractivity contribution in [2.24, 2.45) is 5.41 Å². The van der Waals surface area contributed by atoms with E-state index in [-0.39, 0.29) is 16.9 Å². The summed E-state index contributed by atoms with van der Waals surface area (Å²) in [7, 11) is 1.92. The number of hydrogen-bond donors (Lipinski definition) is 1. The first kappa shape index (κ1) is 21.9. The van der Waals surface area contributed by atoms with E-state index in [4.69, 9.17) is 9.47 Å². The summed E-state index contributed by atoms with van der Waals surface area (Å²) in [6.07, 6.45) is 4.37. The van der Waals surface area contributed by atoms with Crippen molar-refractivity contribution in [3.8, 4) is 0 Å². The number of ether oxygens (including phenoxy) is 2. The van der Waals surface area contributed by atoms with Gasteiger partial charge in [0.1, 0.15) is 5.72 Å². The molecule has 0 bridgehead atoms. The minimum absolute atomic E-state index is 0.103. The van der Waals surface area contributed by atoms with Gasteiger partial charge in [-0.15, -0.1) is 0 Å². The second-order valence-corrected chi connectivity index (χ2v) is 9.00. The fourth-order valence-electron chi connectivity index (χ4n) is 2.29. The van der Waals surface area contributed by atoms with Gasteiger partial charge in [-0.3, -0.25) is 5.32 Å². The molecule has 0 aromatic carbocycles. The summed E-state index contributed by atoms with van der Waals surface area (Å²) in [5.41, 5.74) is -0.167. The van der Waals surface area contributed by atoms with Crippen LogP contribution in [0, 0.1) is 5.41 Å². The lowest BCUT2D eigenvalue weighted by Gasteiger charge is -2.38. The van der Waals surface area contributed by atoms with Crippen LogP contribution in [0.5, 0.6) is 0 Å². The average Bonchev–Trinajstić information content (AvgIpc) is 2.35. The molecule has 0 rings (SSSR count). The molecule has 0 spiro atoms. The highest BCUT2D eigenvalue weighted by atomic mass is 16.5. The average molecular weight is 316 g/mol. The molecule has 0 aromatic rings. The van der Waals surface area contributed by atoms with Crippen LogP contribution in [0.25, 0.3) is 0 Å². The summed E-state index contributed by atoms with van der Waals surface area (Å²) >= 11 is 0. The highest BCUT2D eigenvalue weighted by Crippen LogP contribution is 2.33. The zero-order valence-electron chi connectivity index (χ0n) is 16.9. The van der Waals surface area contributed by atoms with E-state index >= 15 is 0 Å². The van der Waals surface area contributed by atoms with Crippen molar-refractivity contribution in [3.05, 3.63) is 0 Å². The molecule has 3 nitrogen and oxygen atoms in total. The standard InChI is InChI=1S/C19H41NO2/c1-11-16(2,3)12-13-17(4,5)22-18(6,7)14-15-21-19(8,9)20-10/h20H,11-15H2,1-10H3. The molecule has 0 aliphatic rings. The maximum atomic E-state index is 6.41. The van der Waals surface area contributed by atoms with E-state index in [1.165, 1.54) is 12.8 Å². The van der Waals surface area contributed by atoms with Crippen molar-refractivity contribution in [2.45, 2.75) is 105 Å². The molecule has 0 unspecified atom stereocenters. The van der Waals surface area contributed by atoms with Crippen molar-refractivity contribution in [1.82, 2.24) is 5.32 Å². The molecule has 0 fully saturated rings. The SMILES string of the molecule is CCC(C)(C)CCC(C)(C)OC(C)(C)CCOC(C)(C)NC. The molecular weight excluding hydrogens is 274 g/mol. The van der Waals surface area contributed by atoms with Crippen molar-refractivity contribution in [3.63, 3.8) is 0 Å². The Morgan fingerprint density at radius 2 is 1.27 bits per heavy atom. The van der Waals surface area contributed by atoms with E-state index in [9.17, 15) is 0 Å². The fraction of sp³-hybridized carbons (Fsp3) is 1.00. The van der Waals surface area contributed by atoms with Gasteiger partial charge in [-0.25, -0.2) is 0 Å². The molecule has 0 saturated carbocycles. The van der Waals surface area contributed by atoms with E-state index < -0.39 is 0 Å². The second kappa shape index (κ2) is 8.12. The Balaban J connectivity index is 4.37. The van der Waals surface area contributed by atoms with Crippen LogP contribution in [0.1, 0.15) is 88.0 Å². The van der Waals surface area contributed by atoms with Gasteiger partial charge in [0.2, 0.25) is 0 Å². The quantitative estimate of drug-likeness (QED) is 0.536. The number of nitrogens with one attached hydrogen (secondary N) is 1. The lowest BCUT2D eigenvalue weighted by molar-refractivity contribution is -0.146. The minimum atomic E-state index is -0.281. The van der Waals surface area contributed by atoms with Crippen LogP contribution >= 0.6 is 0 Å². The zero-order valence-corrected chi connectivity index (χ0v) is 16.9. The zero-order chi connectivity index (χ0) is 17.7. The van der Waals surface area contributed by atoms with Crippen LogP contribution in [-0.2, 0) is 9.47 Å². The molecule has 22 heavy (non-hydrogen) atoms. The van der Waals surface area contributed by atoms with E-state index in [0.717, 1.165) is 12.8 Å². The van der Waals surface area contributed by atoms with Gasteiger partial charge in [0, 0.05) is 0 Å². The summed E-state index contributed by atoms with van der Waals surface area (Å²) in [6.45, 7) is 20.4. The highest BCUT2D eigenvalue weighted by molar-refractivity contribution is 4.80. The van der Waals surface area contributed by atoms with Gasteiger partial charge in [-0.1, -0.05) is 27.2 Å². The molecule has 1 N–H and O–H groups in total. The smallest absolute Gasteiger partial charge is 0.113 e. The Morgan fingerprint density at radius 1 is 0.773 bits per heavy atom. The van der Waals surface area contributed by atoms with Crippen molar-refractivity contribution in [1.29, 1.82) is 0 Å². The van der Waals surface area contributed by atoms with Crippen LogP contribution in [0.2, 0.25) is 0 Å². The lowest BCUT2D eigenvalue weighted by Crippen LogP contribution is -2.42. The normalized spacial score (nSPS) is 14.5. The largest absolute Gasteiger partial charge is 0.370 e. The molecular formula is C19H41NO2. The molecule has 0 aliphatic carbocycles. The first-order chi connectivity index (χ1) is 9.74. The second-order valence-electron chi connectivity index (χ2n) is 9.00. The van der Waals surface area contributed by atoms with Crippen LogP contribution in [-0.4, -0.2) is 30.6 Å². The maximum Gasteiger partial charge on any atom is 0.113 e. The Morgan fingerprint density at radius 3 is 1.73 bits per heavy atom. The van der Waals surface area contributed by atoms with Crippen molar-refractivity contribution >= 4 is 0 Å². The molecule has 3 heteroatoms. The Hall–Kier alpha value is -0.120. The predicted octanol–water partition coefficient (Wildman–Crippen LogP) is 5.14. The van der Waals surface area contributed by atoms with Crippen molar-refractivity contribution in [2.75, 3.05) is 13.7 Å². The molecule has 134 valence electrons. The minimum Gasteiger partial charge on any atom is -0.370 e. The Labute approximate surface area is 139 Å². The molecule has 0 amide bonds. The van der Waals surface area contributed by atoms with Gasteiger partial charge >= 0.3 is 0 Å². The van der Waals surface area contributed by atoms with Gasteiger partial charge in [0.15, 0.2) is 0 Å². The molecule has 0 heterocycles. The molecule has 0 aliphatic heterocycles. The predicted molar refractivity (Wildman–Crippen MR) is 96.3 cm³/mol. The van der Waals surface area contributed by atoms with Crippen LogP contribution in [0.15, 0.2) is 0 Å². The highest BCUT2D eigenvalue weighted by Gasteiger charge is 2.31. The molecule has 0 saturated heterocycles. The maximum absolute atomic E-state index is 6.41. The monoisotopic (exact) mass is 315 g/mol. The van der Waals surface area contributed by atoms with Crippen LogP contribution in [0.4, 0.5) is 0 Å². The summed E-state index contributed by atoms with van der Waals surface area (Å²) < 4.78 is 12.3. The molecule has 0 radical (unpaired) electrons. The van der Waals surface area contributed by atoms with Gasteiger partial charge in [-0.2, -0.15) is 0 Å². The van der Waals surface area contributed by atoms with Crippen molar-refractivity contribution < 1.29 is 9.47 Å². The lowest BCUT2D eigenvalue weighted by atomic mass is 9.82. The number of rotatable bonds is 11. The summed E-state index contributed by atoms with van der Waals surface area (Å²) in [5, 5.41) is 3.16. The molecule has 0 aromatic heterocycles. The van der Waals surface area contributed by atoms with E-state index in [0.29, 0.717) is 12.0 Å². The van der Waals surface area contributed by atoms with E-state index in [1.807, 2.05) is 20.9 Å². The first-order valence-electron chi connectivity index (χ1n) is 8.77. The Kier molecular flexibility index (Phi) is 8.08. The third kappa shape index (κ3) is 9.81. The van der Waals surface area contributed by atoms with Crippen LogP contribution < -0.4 is 5.32 Å². The summed E-state index contributed by atoms with van der Waals surface area (Å²) in [5.74, 6) is 0. The topological polar surface area (TPSA) is 30.5 Å². The first-order valence-corrected chi connectivity index (χ1v) is 8.77. The van der Waals surface area contributed by atoms with E-state index in [2.05, 4.69) is 53.8 Å². The van der Waals surface area contributed by atoms with Gasteiger partial charge in [-0.05, 0) is 73.3 Å². The third-order valence-electron chi connectivity index (χ3n) is 4.68. The van der Waals surface area contributed by atoms with Gasteiger partial charge < -0.3 is 9.47 Å². The number of hydrogen-bond acceptors (Lipinski definition) is 3.